The average molecular weight is 202 g/mol. The molecule has 0 spiro atoms. The zero-order valence-corrected chi connectivity index (χ0v) is 7.52. The topological polar surface area (TPSA) is 20.2 Å². The minimum Gasteiger partial charge on any atom is -0.385 e. The van der Waals surface area contributed by atoms with Gasteiger partial charge in [0.25, 0.3) is 0 Å². The number of hydrogen-bond donors (Lipinski definition) is 1. The number of rotatable bonds is 1. The summed E-state index contributed by atoms with van der Waals surface area (Å²) in [5.74, 6) is -4.04. The normalized spacial score (nSPS) is 30.5. The van der Waals surface area contributed by atoms with Crippen LogP contribution in [0.2, 0.25) is 0 Å². The Bertz CT molecular complexity index is 368. The molecule has 1 aromatic rings. The second-order valence-electron chi connectivity index (χ2n) is 3.78. The first-order chi connectivity index (χ1) is 6.45. The van der Waals surface area contributed by atoms with E-state index in [1.54, 1.807) is 6.92 Å². The van der Waals surface area contributed by atoms with Crippen LogP contribution in [0, 0.1) is 23.4 Å². The van der Waals surface area contributed by atoms with E-state index in [1.807, 2.05) is 0 Å². The molecule has 1 nitrogen and oxygen atoms in total. The fourth-order valence-electron chi connectivity index (χ4n) is 1.62. The molecule has 0 amide bonds. The van der Waals surface area contributed by atoms with Crippen molar-refractivity contribution in [2.45, 2.75) is 18.9 Å². The van der Waals surface area contributed by atoms with Gasteiger partial charge < -0.3 is 5.11 Å². The Balaban J connectivity index is 2.47. The van der Waals surface area contributed by atoms with Gasteiger partial charge in [-0.1, -0.05) is 6.92 Å². The molecular formula is C10H9F3O. The zero-order chi connectivity index (χ0) is 10.5. The summed E-state index contributed by atoms with van der Waals surface area (Å²) in [6.07, 6.45) is 0.456. The molecule has 2 rings (SSSR count). The van der Waals surface area contributed by atoms with E-state index in [1.165, 1.54) is 0 Å². The van der Waals surface area contributed by atoms with Crippen LogP contribution in [-0.2, 0) is 5.60 Å². The van der Waals surface area contributed by atoms with Crippen LogP contribution in [0.3, 0.4) is 0 Å². The molecule has 1 saturated carbocycles. The molecule has 1 N–H and O–H groups in total. The second-order valence-corrected chi connectivity index (χ2v) is 3.78. The number of hydrogen-bond acceptors (Lipinski definition) is 1. The lowest BCUT2D eigenvalue weighted by Crippen LogP contribution is -2.09. The Morgan fingerprint density at radius 3 is 2.07 bits per heavy atom. The van der Waals surface area contributed by atoms with Gasteiger partial charge in [-0.3, -0.25) is 0 Å². The smallest absolute Gasteiger partial charge is 0.194 e. The summed E-state index contributed by atoms with van der Waals surface area (Å²) in [6, 6.07) is 1.70. The molecule has 0 radical (unpaired) electrons. The van der Waals surface area contributed by atoms with Gasteiger partial charge in [-0.2, -0.15) is 0 Å². The molecule has 0 aliphatic heterocycles. The van der Waals surface area contributed by atoms with Crippen molar-refractivity contribution in [1.82, 2.24) is 0 Å². The van der Waals surface area contributed by atoms with Gasteiger partial charge in [0, 0.05) is 0 Å². The van der Waals surface area contributed by atoms with Crippen molar-refractivity contribution in [3.8, 4) is 0 Å². The Morgan fingerprint density at radius 2 is 1.71 bits per heavy atom. The van der Waals surface area contributed by atoms with Gasteiger partial charge in [-0.15, -0.1) is 0 Å². The highest BCUT2D eigenvalue weighted by Gasteiger charge is 2.51. The molecule has 0 bridgehead atoms. The van der Waals surface area contributed by atoms with Crippen LogP contribution in [0.4, 0.5) is 13.2 Å². The standard InChI is InChI=1S/C10H9F3O/c1-5-4-10(5,14)6-2-7(11)9(13)8(12)3-6/h2-3,5,14H,4H2,1H3. The van der Waals surface area contributed by atoms with Crippen molar-refractivity contribution in [3.63, 3.8) is 0 Å². The second kappa shape index (κ2) is 2.73. The molecule has 0 saturated heterocycles. The minimum atomic E-state index is -1.49. The quantitative estimate of drug-likeness (QED) is 0.693. The lowest BCUT2D eigenvalue weighted by atomic mass is 10.1. The predicted octanol–water partition coefficient (Wildman–Crippen LogP) is 2.33. The molecular weight excluding hydrogens is 193 g/mol. The van der Waals surface area contributed by atoms with E-state index in [4.69, 9.17) is 0 Å². The maximum Gasteiger partial charge on any atom is 0.194 e. The van der Waals surface area contributed by atoms with Crippen molar-refractivity contribution >= 4 is 0 Å². The first kappa shape index (κ1) is 9.52. The molecule has 0 heterocycles. The van der Waals surface area contributed by atoms with Crippen LogP contribution < -0.4 is 0 Å². The van der Waals surface area contributed by atoms with Crippen LogP contribution in [0.15, 0.2) is 12.1 Å². The van der Waals surface area contributed by atoms with Crippen LogP contribution in [0.25, 0.3) is 0 Å². The first-order valence-corrected chi connectivity index (χ1v) is 4.32. The van der Waals surface area contributed by atoms with Gasteiger partial charge in [-0.25, -0.2) is 13.2 Å². The van der Waals surface area contributed by atoms with E-state index in [2.05, 4.69) is 0 Å². The van der Waals surface area contributed by atoms with E-state index in [-0.39, 0.29) is 11.5 Å². The SMILES string of the molecule is CC1CC1(O)c1cc(F)c(F)c(F)c1. The summed E-state index contributed by atoms with van der Waals surface area (Å²) in [5.41, 5.74) is -1.06. The van der Waals surface area contributed by atoms with Gasteiger partial charge in [0.15, 0.2) is 17.5 Å². The Hall–Kier alpha value is -1.03. The summed E-state index contributed by atoms with van der Waals surface area (Å²) >= 11 is 0. The van der Waals surface area contributed by atoms with E-state index < -0.39 is 23.1 Å². The van der Waals surface area contributed by atoms with Gasteiger partial charge in [0.1, 0.15) is 0 Å². The highest BCUT2D eigenvalue weighted by Crippen LogP contribution is 2.51. The molecule has 4 heteroatoms. The third kappa shape index (κ3) is 1.21. The summed E-state index contributed by atoms with van der Waals surface area (Å²) in [4.78, 5) is 0. The predicted molar refractivity (Wildman–Crippen MR) is 44.0 cm³/mol. The fourth-order valence-corrected chi connectivity index (χ4v) is 1.62. The first-order valence-electron chi connectivity index (χ1n) is 4.32. The molecule has 14 heavy (non-hydrogen) atoms. The molecule has 2 atom stereocenters. The van der Waals surface area contributed by atoms with E-state index in [9.17, 15) is 18.3 Å². The molecule has 76 valence electrons. The van der Waals surface area contributed by atoms with Gasteiger partial charge in [-0.05, 0) is 30.0 Å². The number of halogens is 3. The third-order valence-corrected chi connectivity index (χ3v) is 2.76. The molecule has 1 aliphatic rings. The van der Waals surface area contributed by atoms with Crippen LogP contribution >= 0.6 is 0 Å². The summed E-state index contributed by atoms with van der Waals surface area (Å²) in [7, 11) is 0. The van der Waals surface area contributed by atoms with E-state index in [0.29, 0.717) is 6.42 Å². The molecule has 2 unspecified atom stereocenters. The van der Waals surface area contributed by atoms with Crippen LogP contribution in [0.5, 0.6) is 0 Å². The van der Waals surface area contributed by atoms with Crippen molar-refractivity contribution in [3.05, 3.63) is 35.1 Å². The lowest BCUT2D eigenvalue weighted by molar-refractivity contribution is 0.133. The Kier molecular flexibility index (Phi) is 1.86. The van der Waals surface area contributed by atoms with Gasteiger partial charge in [0.05, 0.1) is 5.60 Å². The van der Waals surface area contributed by atoms with Gasteiger partial charge in [0.2, 0.25) is 0 Å². The van der Waals surface area contributed by atoms with Gasteiger partial charge >= 0.3 is 0 Å². The summed E-state index contributed by atoms with van der Waals surface area (Å²) in [5, 5.41) is 9.75. The Morgan fingerprint density at radius 1 is 1.29 bits per heavy atom. The Labute approximate surface area is 79.2 Å². The van der Waals surface area contributed by atoms with Crippen LogP contribution in [-0.4, -0.2) is 5.11 Å². The van der Waals surface area contributed by atoms with E-state index >= 15 is 0 Å². The fraction of sp³-hybridized carbons (Fsp3) is 0.400. The summed E-state index contributed by atoms with van der Waals surface area (Å²) < 4.78 is 38.2. The molecule has 1 aliphatic carbocycles. The number of aliphatic hydroxyl groups is 1. The number of benzene rings is 1. The minimum absolute atomic E-state index is 0.0354. The average Bonchev–Trinajstić information content (AvgIpc) is 2.71. The molecule has 0 aromatic heterocycles. The maximum absolute atomic E-state index is 12.8. The van der Waals surface area contributed by atoms with Crippen molar-refractivity contribution in [2.24, 2.45) is 5.92 Å². The summed E-state index contributed by atoms with van der Waals surface area (Å²) in [6.45, 7) is 1.76. The van der Waals surface area contributed by atoms with Crippen LogP contribution in [0.1, 0.15) is 18.9 Å². The third-order valence-electron chi connectivity index (χ3n) is 2.76. The zero-order valence-electron chi connectivity index (χ0n) is 7.52. The highest BCUT2D eigenvalue weighted by molar-refractivity contribution is 5.30. The van der Waals surface area contributed by atoms with E-state index in [0.717, 1.165) is 12.1 Å². The van der Waals surface area contributed by atoms with Crippen molar-refractivity contribution in [1.29, 1.82) is 0 Å². The molecule has 1 aromatic carbocycles. The van der Waals surface area contributed by atoms with Crippen molar-refractivity contribution < 1.29 is 18.3 Å². The largest absolute Gasteiger partial charge is 0.385 e. The highest BCUT2D eigenvalue weighted by atomic mass is 19.2. The molecule has 1 fully saturated rings. The lowest BCUT2D eigenvalue weighted by Gasteiger charge is -2.10. The van der Waals surface area contributed by atoms with Crippen molar-refractivity contribution in [2.75, 3.05) is 0 Å². The monoisotopic (exact) mass is 202 g/mol. The maximum atomic E-state index is 12.8.